The summed E-state index contributed by atoms with van der Waals surface area (Å²) in [5.41, 5.74) is 7.40. The van der Waals surface area contributed by atoms with Crippen LogP contribution in [0.5, 0.6) is 0 Å². The van der Waals surface area contributed by atoms with Crippen LogP contribution >= 0.6 is 0 Å². The Morgan fingerprint density at radius 1 is 1.00 bits per heavy atom. The Bertz CT molecular complexity index is 853. The molecule has 0 aliphatic heterocycles. The number of hydrogen-bond donors (Lipinski definition) is 1. The molecule has 1 N–H and O–H groups in total. The second kappa shape index (κ2) is 10.1. The molecule has 0 heterocycles. The van der Waals surface area contributed by atoms with E-state index in [1.807, 2.05) is 0 Å². The van der Waals surface area contributed by atoms with Crippen molar-refractivity contribution in [3.8, 4) is 11.1 Å². The van der Waals surface area contributed by atoms with Gasteiger partial charge in [-0.3, -0.25) is 0 Å². The van der Waals surface area contributed by atoms with Crippen LogP contribution in [-0.2, 0) is 21.3 Å². The van der Waals surface area contributed by atoms with E-state index in [0.717, 1.165) is 19.3 Å². The van der Waals surface area contributed by atoms with Crippen molar-refractivity contribution >= 4 is 3.71 Å². The minimum atomic E-state index is -1.94. The number of aliphatic hydroxyl groups is 1. The standard InChI is InChI=1S/C13H9.C8H11O.C2H4.2ClH.Zr/c1-3-7-12-10(5-1)9-11-6-2-4-8-13(11)12;9-7-3-6-8-4-1-2-5-8;1-2;;;/h1-9H;4-5,9H,1,3,6-7H2;1H,2H3;2*1H;/q;;;;;+2/p-2. The summed E-state index contributed by atoms with van der Waals surface area (Å²) in [6, 6.07) is 18.0. The van der Waals surface area contributed by atoms with Crippen molar-refractivity contribution in [2.75, 3.05) is 6.61 Å². The summed E-state index contributed by atoms with van der Waals surface area (Å²) < 4.78 is 4.88. The molecule has 2 aliphatic rings. The van der Waals surface area contributed by atoms with E-state index in [-0.39, 0.29) is 31.4 Å². The third-order valence-electron chi connectivity index (χ3n) is 5.39. The summed E-state index contributed by atoms with van der Waals surface area (Å²) in [5, 5.41) is 9.10. The van der Waals surface area contributed by atoms with Gasteiger partial charge in [-0.15, -0.1) is 0 Å². The summed E-state index contributed by atoms with van der Waals surface area (Å²) in [6.45, 7) is 2.57. The van der Waals surface area contributed by atoms with Crippen molar-refractivity contribution in [2.24, 2.45) is 0 Å². The van der Waals surface area contributed by atoms with Crippen LogP contribution in [0.15, 0.2) is 69.5 Å². The molecule has 0 atom stereocenters. The molecule has 0 amide bonds. The maximum absolute atomic E-state index is 9.10. The number of benzene rings is 2. The van der Waals surface area contributed by atoms with Gasteiger partial charge >= 0.3 is 158 Å². The molecule has 140 valence electrons. The van der Waals surface area contributed by atoms with E-state index in [9.17, 15) is 0 Å². The molecule has 0 saturated carbocycles. The topological polar surface area (TPSA) is 20.2 Å². The van der Waals surface area contributed by atoms with Crippen molar-refractivity contribution < 1.29 is 51.2 Å². The van der Waals surface area contributed by atoms with Crippen LogP contribution in [0.1, 0.15) is 40.9 Å². The van der Waals surface area contributed by atoms with E-state index in [1.165, 1.54) is 16.7 Å². The number of hydrogen-bond acceptors (Lipinski definition) is 1. The van der Waals surface area contributed by atoms with Gasteiger partial charge in [0.05, 0.1) is 0 Å². The number of aliphatic hydroxyl groups excluding tert-OH is 1. The molecule has 1 nitrogen and oxygen atoms in total. The molecular formula is C23H24Cl2OZr. The SMILES string of the molecule is C[CH]=[Zr+2]([C]1=CC(CCCO)=CC1)[CH]1c2ccccc2-c2ccccc21.[Cl-].[Cl-]. The van der Waals surface area contributed by atoms with Crippen molar-refractivity contribution in [1.82, 2.24) is 0 Å². The summed E-state index contributed by atoms with van der Waals surface area (Å²) >= 11 is -1.94. The summed E-state index contributed by atoms with van der Waals surface area (Å²) in [4.78, 5) is 0. The van der Waals surface area contributed by atoms with Crippen molar-refractivity contribution in [2.45, 2.75) is 29.8 Å². The maximum Gasteiger partial charge on any atom is -1.00 e. The average molecular weight is 479 g/mol. The summed E-state index contributed by atoms with van der Waals surface area (Å²) in [6.07, 6.45) is 7.87. The Labute approximate surface area is 182 Å². The fourth-order valence-electron chi connectivity index (χ4n) is 4.27. The van der Waals surface area contributed by atoms with E-state index >= 15 is 0 Å². The monoisotopic (exact) mass is 476 g/mol. The molecule has 0 bridgehead atoms. The third kappa shape index (κ3) is 4.30. The Kier molecular flexibility index (Phi) is 8.44. The van der Waals surface area contributed by atoms with E-state index < -0.39 is 21.3 Å². The van der Waals surface area contributed by atoms with Gasteiger partial charge in [-0.05, 0) is 0 Å². The number of halogens is 2. The molecule has 0 unspecified atom stereocenters. The van der Waals surface area contributed by atoms with Gasteiger partial charge in [0.25, 0.3) is 0 Å². The number of allylic oxidation sites excluding steroid dienone is 4. The van der Waals surface area contributed by atoms with Gasteiger partial charge in [0.15, 0.2) is 0 Å². The Balaban J connectivity index is 0.00000131. The van der Waals surface area contributed by atoms with Crippen molar-refractivity contribution in [1.29, 1.82) is 0 Å². The van der Waals surface area contributed by atoms with Gasteiger partial charge in [-0.25, -0.2) is 0 Å². The van der Waals surface area contributed by atoms with Crippen LogP contribution < -0.4 is 24.8 Å². The van der Waals surface area contributed by atoms with Crippen molar-refractivity contribution in [3.05, 3.63) is 80.7 Å². The van der Waals surface area contributed by atoms with Gasteiger partial charge in [-0.2, -0.15) is 0 Å². The molecule has 2 aromatic carbocycles. The van der Waals surface area contributed by atoms with Gasteiger partial charge in [-0.1, -0.05) is 0 Å². The molecule has 0 saturated heterocycles. The first-order valence-electron chi connectivity index (χ1n) is 9.18. The van der Waals surface area contributed by atoms with E-state index in [4.69, 9.17) is 5.11 Å². The van der Waals surface area contributed by atoms with Crippen LogP contribution in [0.4, 0.5) is 0 Å². The Hall–Kier alpha value is -0.787. The molecule has 0 radical (unpaired) electrons. The molecule has 4 rings (SSSR count). The van der Waals surface area contributed by atoms with Crippen LogP contribution in [0, 0.1) is 0 Å². The largest absolute Gasteiger partial charge is 1.00 e. The molecule has 4 heteroatoms. The first-order chi connectivity index (χ1) is 12.3. The van der Waals surface area contributed by atoms with Gasteiger partial charge in [0.1, 0.15) is 0 Å². The number of rotatable bonds is 5. The molecule has 27 heavy (non-hydrogen) atoms. The van der Waals surface area contributed by atoms with Gasteiger partial charge < -0.3 is 24.8 Å². The van der Waals surface area contributed by atoms with Gasteiger partial charge in [0.2, 0.25) is 0 Å². The summed E-state index contributed by atoms with van der Waals surface area (Å²) in [7, 11) is 0. The van der Waals surface area contributed by atoms with Crippen LogP contribution in [-0.4, -0.2) is 15.4 Å². The van der Waals surface area contributed by atoms with E-state index in [1.54, 1.807) is 14.4 Å². The fourth-order valence-corrected chi connectivity index (χ4v) is 11.5. The zero-order valence-electron chi connectivity index (χ0n) is 15.5. The van der Waals surface area contributed by atoms with E-state index in [0.29, 0.717) is 3.63 Å². The first kappa shape index (κ1) is 22.5. The third-order valence-corrected chi connectivity index (χ3v) is 12.7. The van der Waals surface area contributed by atoms with Gasteiger partial charge in [0, 0.05) is 0 Å². The maximum atomic E-state index is 9.10. The van der Waals surface area contributed by atoms with Crippen molar-refractivity contribution in [3.63, 3.8) is 0 Å². The summed E-state index contributed by atoms with van der Waals surface area (Å²) in [5.74, 6) is 0. The molecule has 0 spiro atoms. The minimum Gasteiger partial charge on any atom is -1.00 e. The molecule has 2 aliphatic carbocycles. The Morgan fingerprint density at radius 3 is 2.15 bits per heavy atom. The normalized spacial score (nSPS) is 14.6. The second-order valence-electron chi connectivity index (χ2n) is 6.83. The second-order valence-corrected chi connectivity index (χ2v) is 13.5. The fraction of sp³-hybridized carbons (Fsp3) is 0.261. The predicted octanol–water partition coefficient (Wildman–Crippen LogP) is -0.809. The molecule has 0 aromatic heterocycles. The quantitative estimate of drug-likeness (QED) is 0.597. The molecular weight excluding hydrogens is 454 g/mol. The van der Waals surface area contributed by atoms with Crippen LogP contribution in [0.25, 0.3) is 11.1 Å². The van der Waals surface area contributed by atoms with Crippen LogP contribution in [0.3, 0.4) is 0 Å². The molecule has 2 aromatic rings. The number of fused-ring (bicyclic) bond motifs is 3. The van der Waals surface area contributed by atoms with Crippen LogP contribution in [0.2, 0.25) is 0 Å². The average Bonchev–Trinajstić information content (AvgIpc) is 3.25. The minimum absolute atomic E-state index is 0. The van der Waals surface area contributed by atoms with E-state index in [2.05, 4.69) is 71.3 Å². The predicted molar refractivity (Wildman–Crippen MR) is 103 cm³/mol. The Morgan fingerprint density at radius 2 is 1.59 bits per heavy atom. The zero-order valence-corrected chi connectivity index (χ0v) is 19.4. The first-order valence-corrected chi connectivity index (χ1v) is 13.3. The zero-order chi connectivity index (χ0) is 17.2. The molecule has 0 fully saturated rings. The smallest absolute Gasteiger partial charge is 1.00 e.